The maximum Gasteiger partial charge on any atom is 0.271 e. The van der Waals surface area contributed by atoms with Crippen LogP contribution in [0.15, 0.2) is 30.9 Å². The van der Waals surface area contributed by atoms with Gasteiger partial charge in [0.25, 0.3) is 5.91 Å². The predicted octanol–water partition coefficient (Wildman–Crippen LogP) is 2.68. The number of anilines is 4. The summed E-state index contributed by atoms with van der Waals surface area (Å²) in [6, 6.07) is 6.95. The van der Waals surface area contributed by atoms with Gasteiger partial charge < -0.3 is 31.1 Å². The van der Waals surface area contributed by atoms with Crippen LogP contribution in [0, 0.1) is 6.92 Å². The Balaban J connectivity index is 1.31. The number of piperazine rings is 1. The first-order valence-corrected chi connectivity index (χ1v) is 15.7. The van der Waals surface area contributed by atoms with Crippen LogP contribution in [-0.2, 0) is 11.2 Å². The van der Waals surface area contributed by atoms with E-state index in [1.54, 1.807) is 0 Å². The number of amides is 2. The SMILES string of the molecule is C=CC(=O)N[C@H]1CCCN(c2nc(Nc3ccc(N4CCC(N5CCN(C)CC5)CC4)c(C)c3)c(C(N)=O)nc2CC)C1. The minimum Gasteiger partial charge on any atom is -0.371 e. The number of benzene rings is 1. The molecule has 0 saturated carbocycles. The number of rotatable bonds is 9. The molecule has 232 valence electrons. The van der Waals surface area contributed by atoms with E-state index in [1.807, 2.05) is 13.0 Å². The van der Waals surface area contributed by atoms with E-state index < -0.39 is 5.91 Å². The number of nitrogens with two attached hydrogens (primary N) is 1. The molecule has 3 fully saturated rings. The molecule has 5 rings (SSSR count). The van der Waals surface area contributed by atoms with Crippen molar-refractivity contribution in [2.75, 3.05) is 74.5 Å². The monoisotopic (exact) mass is 589 g/mol. The summed E-state index contributed by atoms with van der Waals surface area (Å²) in [7, 11) is 2.21. The molecule has 0 bridgehead atoms. The zero-order valence-electron chi connectivity index (χ0n) is 25.9. The molecule has 1 atom stereocenters. The number of primary amides is 1. The van der Waals surface area contributed by atoms with Gasteiger partial charge in [0.1, 0.15) is 0 Å². The number of hydrogen-bond donors (Lipinski definition) is 3. The number of hydrogen-bond acceptors (Lipinski definition) is 9. The van der Waals surface area contributed by atoms with Crippen LogP contribution < -0.4 is 26.2 Å². The number of nitrogens with one attached hydrogen (secondary N) is 2. The van der Waals surface area contributed by atoms with Crippen LogP contribution in [0.25, 0.3) is 0 Å². The fourth-order valence-corrected chi connectivity index (χ4v) is 6.64. The second-order valence-corrected chi connectivity index (χ2v) is 12.1. The van der Waals surface area contributed by atoms with Crippen LogP contribution in [0.4, 0.5) is 23.0 Å². The van der Waals surface area contributed by atoms with E-state index in [0.29, 0.717) is 36.3 Å². The van der Waals surface area contributed by atoms with Crippen LogP contribution in [0.5, 0.6) is 0 Å². The molecule has 1 aromatic carbocycles. The molecule has 0 spiro atoms. The van der Waals surface area contributed by atoms with E-state index in [0.717, 1.165) is 51.3 Å². The summed E-state index contributed by atoms with van der Waals surface area (Å²) in [6.07, 6.45) is 6.05. The summed E-state index contributed by atoms with van der Waals surface area (Å²) < 4.78 is 0. The van der Waals surface area contributed by atoms with E-state index in [1.165, 1.54) is 43.3 Å². The summed E-state index contributed by atoms with van der Waals surface area (Å²) in [5.41, 5.74) is 9.84. The zero-order valence-corrected chi connectivity index (χ0v) is 25.9. The molecule has 4 N–H and O–H groups in total. The molecule has 43 heavy (non-hydrogen) atoms. The Kier molecular flexibility index (Phi) is 9.82. The average Bonchev–Trinajstić information content (AvgIpc) is 3.01. The number of carbonyl (C=O) groups excluding carboxylic acids is 2. The summed E-state index contributed by atoms with van der Waals surface area (Å²) in [4.78, 5) is 43.7. The van der Waals surface area contributed by atoms with E-state index in [2.05, 4.69) is 67.9 Å². The molecule has 3 aliphatic rings. The molecule has 0 radical (unpaired) electrons. The molecule has 4 heterocycles. The smallest absolute Gasteiger partial charge is 0.271 e. The molecule has 3 saturated heterocycles. The lowest BCUT2D eigenvalue weighted by Gasteiger charge is -2.43. The highest BCUT2D eigenvalue weighted by Crippen LogP contribution is 2.31. The highest BCUT2D eigenvalue weighted by Gasteiger charge is 2.28. The third-order valence-corrected chi connectivity index (χ3v) is 9.09. The topological polar surface area (TPSA) is 123 Å². The Labute approximate surface area is 255 Å². The zero-order chi connectivity index (χ0) is 30.5. The van der Waals surface area contributed by atoms with E-state index in [9.17, 15) is 9.59 Å². The van der Waals surface area contributed by atoms with E-state index in [4.69, 9.17) is 10.7 Å². The number of aryl methyl sites for hydroxylation is 2. The van der Waals surface area contributed by atoms with Crippen molar-refractivity contribution in [3.8, 4) is 0 Å². The quantitative estimate of drug-likeness (QED) is 0.379. The first-order chi connectivity index (χ1) is 20.7. The number of carbonyl (C=O) groups is 2. The Hall–Kier alpha value is -3.70. The number of likely N-dealkylation sites (N-methyl/N-ethyl adjacent to an activating group) is 1. The van der Waals surface area contributed by atoms with Crippen molar-refractivity contribution < 1.29 is 9.59 Å². The van der Waals surface area contributed by atoms with Crippen molar-refractivity contribution in [3.63, 3.8) is 0 Å². The summed E-state index contributed by atoms with van der Waals surface area (Å²) in [5, 5.41) is 6.35. The maximum absolute atomic E-state index is 12.5. The maximum atomic E-state index is 12.5. The molecule has 11 heteroatoms. The summed E-state index contributed by atoms with van der Waals surface area (Å²) in [6.45, 7) is 15.8. The number of nitrogens with zero attached hydrogens (tertiary/aromatic N) is 6. The van der Waals surface area contributed by atoms with Crippen molar-refractivity contribution >= 4 is 34.8 Å². The van der Waals surface area contributed by atoms with Crippen LogP contribution in [0.1, 0.15) is 54.4 Å². The van der Waals surface area contributed by atoms with Crippen molar-refractivity contribution in [1.82, 2.24) is 25.1 Å². The third kappa shape index (κ3) is 7.27. The second-order valence-electron chi connectivity index (χ2n) is 12.1. The van der Waals surface area contributed by atoms with Gasteiger partial charge in [0, 0.05) is 75.8 Å². The molecule has 2 aromatic rings. The minimum atomic E-state index is -0.623. The summed E-state index contributed by atoms with van der Waals surface area (Å²) in [5.74, 6) is 0.252. The highest BCUT2D eigenvalue weighted by atomic mass is 16.2. The average molecular weight is 590 g/mol. The lowest BCUT2D eigenvalue weighted by atomic mass is 10.0. The van der Waals surface area contributed by atoms with Crippen molar-refractivity contribution in [2.24, 2.45) is 5.73 Å². The van der Waals surface area contributed by atoms with Crippen molar-refractivity contribution in [1.29, 1.82) is 0 Å². The van der Waals surface area contributed by atoms with Crippen LogP contribution in [-0.4, -0.2) is 103 Å². The molecule has 0 unspecified atom stereocenters. The van der Waals surface area contributed by atoms with Gasteiger partial charge in [-0.25, -0.2) is 9.97 Å². The number of aromatic nitrogens is 2. The molecular weight excluding hydrogens is 542 g/mol. The molecule has 2 amide bonds. The highest BCUT2D eigenvalue weighted by molar-refractivity contribution is 5.96. The third-order valence-electron chi connectivity index (χ3n) is 9.09. The van der Waals surface area contributed by atoms with E-state index in [-0.39, 0.29) is 17.6 Å². The van der Waals surface area contributed by atoms with Crippen LogP contribution in [0.2, 0.25) is 0 Å². The first-order valence-electron chi connectivity index (χ1n) is 15.7. The second kappa shape index (κ2) is 13.7. The molecule has 0 aliphatic carbocycles. The van der Waals surface area contributed by atoms with Gasteiger partial charge in [-0.05, 0) is 75.9 Å². The fourth-order valence-electron chi connectivity index (χ4n) is 6.64. The largest absolute Gasteiger partial charge is 0.371 e. The predicted molar refractivity (Wildman–Crippen MR) is 172 cm³/mol. The normalized spacial score (nSPS) is 20.6. The molecule has 11 nitrogen and oxygen atoms in total. The van der Waals surface area contributed by atoms with Gasteiger partial charge in [-0.1, -0.05) is 13.5 Å². The van der Waals surface area contributed by atoms with Crippen molar-refractivity contribution in [3.05, 3.63) is 47.8 Å². The van der Waals surface area contributed by atoms with Crippen molar-refractivity contribution in [2.45, 2.75) is 58.0 Å². The molecule has 3 aliphatic heterocycles. The van der Waals surface area contributed by atoms with Gasteiger partial charge >= 0.3 is 0 Å². The van der Waals surface area contributed by atoms with Crippen LogP contribution in [0.3, 0.4) is 0 Å². The Morgan fingerprint density at radius 1 is 1.05 bits per heavy atom. The minimum absolute atomic E-state index is 0.0141. The lowest BCUT2D eigenvalue weighted by molar-refractivity contribution is -0.117. The van der Waals surface area contributed by atoms with Gasteiger partial charge in [0.15, 0.2) is 17.3 Å². The Morgan fingerprint density at radius 3 is 2.44 bits per heavy atom. The Morgan fingerprint density at radius 2 is 1.79 bits per heavy atom. The standard InChI is InChI=1S/C32H47N9O2/c1-5-26-32(41-13-7-8-24(21-41)34-28(42)6-2)37-31(29(36-26)30(33)43)35-23-9-10-27(22(3)20-23)40-14-11-25(12-15-40)39-18-16-38(4)17-19-39/h6,9-10,20,24-25H,2,5,7-8,11-19,21H2,1,3-4H3,(H2,33,43)(H,34,42)(H,35,37)/t24-/m0/s1. The first kappa shape index (κ1) is 30.7. The van der Waals surface area contributed by atoms with Gasteiger partial charge in [0.2, 0.25) is 5.91 Å². The van der Waals surface area contributed by atoms with Crippen LogP contribution >= 0.6 is 0 Å². The Bertz CT molecular complexity index is 1320. The fraction of sp³-hybridized carbons (Fsp3) is 0.562. The van der Waals surface area contributed by atoms with Gasteiger partial charge in [-0.15, -0.1) is 0 Å². The van der Waals surface area contributed by atoms with Gasteiger partial charge in [-0.2, -0.15) is 0 Å². The van der Waals surface area contributed by atoms with E-state index >= 15 is 0 Å². The lowest BCUT2D eigenvalue weighted by Crippen LogP contribution is -2.52. The summed E-state index contributed by atoms with van der Waals surface area (Å²) >= 11 is 0. The van der Waals surface area contributed by atoms with Gasteiger partial charge in [-0.3, -0.25) is 14.5 Å². The molecule has 1 aromatic heterocycles. The molecular formula is C32H47N9O2. The van der Waals surface area contributed by atoms with Gasteiger partial charge in [0.05, 0.1) is 5.69 Å². The number of piperidine rings is 2.